The molecule has 3 aliphatic rings. The van der Waals surface area contributed by atoms with Crippen LogP contribution >= 0.6 is 0 Å². The molecule has 26 heavy (non-hydrogen) atoms. The first-order chi connectivity index (χ1) is 12.6. The first-order valence-corrected chi connectivity index (χ1v) is 10.7. The van der Waals surface area contributed by atoms with Gasteiger partial charge in [0.2, 0.25) is 0 Å². The molecule has 1 atom stereocenters. The molecule has 1 aromatic rings. The molecule has 4 rings (SSSR count). The quantitative estimate of drug-likeness (QED) is 0.850. The van der Waals surface area contributed by atoms with Gasteiger partial charge >= 0.3 is 0 Å². The standard InChI is InChI=1S/C21H34N4O/c1-24(2)21(26)20-18-12-17(22-13-15-8-9-15)10-11-19(18)25(23-20)14-16-6-4-3-5-7-16/h15-17,22H,3-14H2,1-2H3/t17-/m1/s1. The highest BCUT2D eigenvalue weighted by atomic mass is 16.2. The first-order valence-electron chi connectivity index (χ1n) is 10.7. The third kappa shape index (κ3) is 3.98. The summed E-state index contributed by atoms with van der Waals surface area (Å²) in [7, 11) is 3.67. The molecule has 0 aromatic carbocycles. The van der Waals surface area contributed by atoms with Gasteiger partial charge in [0, 0.05) is 37.9 Å². The second-order valence-corrected chi connectivity index (χ2v) is 8.95. The molecule has 2 saturated carbocycles. The van der Waals surface area contributed by atoms with Crippen LogP contribution < -0.4 is 5.32 Å². The molecule has 0 spiro atoms. The fraction of sp³-hybridized carbons (Fsp3) is 0.810. The monoisotopic (exact) mass is 358 g/mol. The van der Waals surface area contributed by atoms with Crippen LogP contribution in [0.4, 0.5) is 0 Å². The molecule has 1 amide bonds. The van der Waals surface area contributed by atoms with Gasteiger partial charge in [-0.15, -0.1) is 0 Å². The third-order valence-corrected chi connectivity index (χ3v) is 6.50. The van der Waals surface area contributed by atoms with Crippen molar-refractivity contribution in [3.05, 3.63) is 17.0 Å². The van der Waals surface area contributed by atoms with Gasteiger partial charge < -0.3 is 10.2 Å². The zero-order valence-electron chi connectivity index (χ0n) is 16.5. The lowest BCUT2D eigenvalue weighted by Gasteiger charge is -2.26. The van der Waals surface area contributed by atoms with Crippen molar-refractivity contribution in [2.45, 2.75) is 76.8 Å². The average molecular weight is 359 g/mol. The van der Waals surface area contributed by atoms with Crippen LogP contribution in [0.5, 0.6) is 0 Å². The number of amides is 1. The van der Waals surface area contributed by atoms with Gasteiger partial charge in [-0.05, 0) is 63.3 Å². The molecule has 1 N–H and O–H groups in total. The summed E-state index contributed by atoms with van der Waals surface area (Å²) in [6.45, 7) is 2.15. The lowest BCUT2D eigenvalue weighted by molar-refractivity contribution is 0.0819. The van der Waals surface area contributed by atoms with E-state index in [1.807, 2.05) is 14.1 Å². The van der Waals surface area contributed by atoms with Crippen molar-refractivity contribution in [1.82, 2.24) is 20.0 Å². The lowest BCUT2D eigenvalue weighted by atomic mass is 9.88. The van der Waals surface area contributed by atoms with E-state index in [0.717, 1.165) is 37.8 Å². The highest BCUT2D eigenvalue weighted by Crippen LogP contribution is 2.31. The van der Waals surface area contributed by atoms with Gasteiger partial charge in [-0.25, -0.2) is 0 Å². The normalized spacial score (nSPS) is 23.7. The number of nitrogens with one attached hydrogen (secondary N) is 1. The number of nitrogens with zero attached hydrogens (tertiary/aromatic N) is 3. The molecule has 0 bridgehead atoms. The summed E-state index contributed by atoms with van der Waals surface area (Å²) in [5, 5.41) is 8.60. The average Bonchev–Trinajstić information content (AvgIpc) is 3.42. The summed E-state index contributed by atoms with van der Waals surface area (Å²) in [5.74, 6) is 1.69. The topological polar surface area (TPSA) is 50.2 Å². The zero-order valence-corrected chi connectivity index (χ0v) is 16.5. The van der Waals surface area contributed by atoms with Crippen LogP contribution in [0.1, 0.15) is 73.1 Å². The van der Waals surface area contributed by atoms with Gasteiger partial charge in [0.05, 0.1) is 0 Å². The van der Waals surface area contributed by atoms with E-state index in [1.165, 1.54) is 62.6 Å². The van der Waals surface area contributed by atoms with E-state index < -0.39 is 0 Å². The van der Waals surface area contributed by atoms with Gasteiger partial charge in [0.1, 0.15) is 0 Å². The minimum absolute atomic E-state index is 0.0616. The second-order valence-electron chi connectivity index (χ2n) is 8.95. The van der Waals surface area contributed by atoms with E-state index in [4.69, 9.17) is 5.10 Å². The van der Waals surface area contributed by atoms with Crippen molar-refractivity contribution in [3.63, 3.8) is 0 Å². The Morgan fingerprint density at radius 1 is 1.12 bits per heavy atom. The number of fused-ring (bicyclic) bond motifs is 1. The molecule has 1 aromatic heterocycles. The van der Waals surface area contributed by atoms with E-state index in [0.29, 0.717) is 11.7 Å². The smallest absolute Gasteiger partial charge is 0.274 e. The SMILES string of the molecule is CN(C)C(=O)c1nn(CC2CCCCC2)c2c1C[C@H](NCC1CC1)CC2. The molecule has 0 saturated heterocycles. The van der Waals surface area contributed by atoms with E-state index in [-0.39, 0.29) is 5.91 Å². The number of rotatable bonds is 6. The second kappa shape index (κ2) is 7.71. The van der Waals surface area contributed by atoms with Crippen LogP contribution in [0, 0.1) is 11.8 Å². The highest BCUT2D eigenvalue weighted by Gasteiger charge is 2.31. The fourth-order valence-electron chi connectivity index (χ4n) is 4.67. The summed E-state index contributed by atoms with van der Waals surface area (Å²) >= 11 is 0. The Labute approximate surface area is 157 Å². The van der Waals surface area contributed by atoms with Gasteiger partial charge in [-0.3, -0.25) is 9.48 Å². The van der Waals surface area contributed by atoms with Gasteiger partial charge in [-0.2, -0.15) is 5.10 Å². The Morgan fingerprint density at radius 3 is 2.58 bits per heavy atom. The number of hydrogen-bond acceptors (Lipinski definition) is 3. The number of carbonyl (C=O) groups excluding carboxylic acids is 1. The maximum Gasteiger partial charge on any atom is 0.274 e. The summed E-state index contributed by atoms with van der Waals surface area (Å²) in [4.78, 5) is 14.4. The van der Waals surface area contributed by atoms with E-state index in [2.05, 4.69) is 10.00 Å². The summed E-state index contributed by atoms with van der Waals surface area (Å²) in [6.07, 6.45) is 12.7. The summed E-state index contributed by atoms with van der Waals surface area (Å²) < 4.78 is 2.21. The molecule has 2 fully saturated rings. The molecule has 0 unspecified atom stereocenters. The van der Waals surface area contributed by atoms with Crippen LogP contribution in [0.15, 0.2) is 0 Å². The molecule has 5 nitrogen and oxygen atoms in total. The van der Waals surface area contributed by atoms with Gasteiger partial charge in [0.25, 0.3) is 5.91 Å². The minimum atomic E-state index is 0.0616. The minimum Gasteiger partial charge on any atom is -0.343 e. The van der Waals surface area contributed by atoms with Crippen molar-refractivity contribution >= 4 is 5.91 Å². The molecule has 0 aliphatic heterocycles. The molecular weight excluding hydrogens is 324 g/mol. The van der Waals surface area contributed by atoms with Crippen molar-refractivity contribution in [3.8, 4) is 0 Å². The van der Waals surface area contributed by atoms with Crippen molar-refractivity contribution in [2.75, 3.05) is 20.6 Å². The molecule has 1 heterocycles. The predicted molar refractivity (Wildman–Crippen MR) is 103 cm³/mol. The van der Waals surface area contributed by atoms with Crippen molar-refractivity contribution in [2.24, 2.45) is 11.8 Å². The summed E-state index contributed by atoms with van der Waals surface area (Å²) in [5.41, 5.74) is 3.27. The predicted octanol–water partition coefficient (Wildman–Crippen LogP) is 3.02. The third-order valence-electron chi connectivity index (χ3n) is 6.50. The highest BCUT2D eigenvalue weighted by molar-refractivity contribution is 5.93. The van der Waals surface area contributed by atoms with Crippen LogP contribution in [0.25, 0.3) is 0 Å². The van der Waals surface area contributed by atoms with Crippen LogP contribution in [-0.2, 0) is 19.4 Å². The zero-order chi connectivity index (χ0) is 18.1. The van der Waals surface area contributed by atoms with E-state index >= 15 is 0 Å². The Bertz CT molecular complexity index is 641. The molecule has 3 aliphatic carbocycles. The van der Waals surface area contributed by atoms with E-state index in [9.17, 15) is 4.79 Å². The van der Waals surface area contributed by atoms with Crippen LogP contribution in [0.2, 0.25) is 0 Å². The van der Waals surface area contributed by atoms with Crippen LogP contribution in [-0.4, -0.2) is 47.3 Å². The Balaban J connectivity index is 1.53. The number of aromatic nitrogens is 2. The van der Waals surface area contributed by atoms with Crippen molar-refractivity contribution in [1.29, 1.82) is 0 Å². The first kappa shape index (κ1) is 18.0. The Hall–Kier alpha value is -1.36. The molecule has 5 heteroatoms. The molecule has 144 valence electrons. The molecule has 0 radical (unpaired) electrons. The van der Waals surface area contributed by atoms with Gasteiger partial charge in [0.15, 0.2) is 5.69 Å². The fourth-order valence-corrected chi connectivity index (χ4v) is 4.67. The number of carbonyl (C=O) groups is 1. The maximum atomic E-state index is 12.7. The Kier molecular flexibility index (Phi) is 5.35. The maximum absolute atomic E-state index is 12.7. The Morgan fingerprint density at radius 2 is 1.88 bits per heavy atom. The van der Waals surface area contributed by atoms with E-state index in [1.54, 1.807) is 4.90 Å². The largest absolute Gasteiger partial charge is 0.343 e. The number of hydrogen-bond donors (Lipinski definition) is 1. The summed E-state index contributed by atoms with van der Waals surface area (Å²) in [6, 6.07) is 0.504. The van der Waals surface area contributed by atoms with Crippen LogP contribution in [0.3, 0.4) is 0 Å². The lowest BCUT2D eigenvalue weighted by Crippen LogP contribution is -2.36. The van der Waals surface area contributed by atoms with Crippen molar-refractivity contribution < 1.29 is 4.79 Å². The van der Waals surface area contributed by atoms with Gasteiger partial charge in [-0.1, -0.05) is 19.3 Å². The molecular formula is C21H34N4O.